The maximum Gasteiger partial charge on any atom is 0.460 e. The number of aliphatic carboxylic acids is 1. The zero-order chi connectivity index (χ0) is 44.1. The van der Waals surface area contributed by atoms with Crippen LogP contribution >= 0.6 is 0 Å². The maximum absolute atomic E-state index is 14.1. The number of nitrogens with zero attached hydrogens (tertiary/aromatic N) is 1. The number of hydrogen-bond donors (Lipinski definition) is 1. The first-order chi connectivity index (χ1) is 25.6. The lowest BCUT2D eigenvalue weighted by atomic mass is 9.94. The van der Waals surface area contributed by atoms with Crippen molar-refractivity contribution in [3.05, 3.63) is 47.5 Å². The smallest absolute Gasteiger partial charge is 0.460 e. The van der Waals surface area contributed by atoms with Crippen molar-refractivity contribution >= 4 is 50.9 Å². The van der Waals surface area contributed by atoms with Crippen molar-refractivity contribution in [1.29, 1.82) is 0 Å². The predicted molar refractivity (Wildman–Crippen MR) is 155 cm³/mol. The van der Waals surface area contributed by atoms with E-state index < -0.39 is 101 Å². The monoisotopic (exact) mass is 857 g/mol. The lowest BCUT2D eigenvalue weighted by Gasteiger charge is -2.32. The zero-order valence-electron chi connectivity index (χ0n) is 27.7. The molecule has 316 valence electrons. The van der Waals surface area contributed by atoms with Crippen LogP contribution in [0, 0.1) is 0 Å². The number of halogens is 18. The molecular weight excluding hydrogens is 836 g/mol. The second-order valence-electron chi connectivity index (χ2n) is 12.3. The summed E-state index contributed by atoms with van der Waals surface area (Å²) in [6, 6.07) is 4.71. The Hall–Kier alpha value is -4.87. The van der Waals surface area contributed by atoms with Crippen LogP contribution in [0.5, 0.6) is 0 Å². The molecule has 3 rings (SSSR count). The highest BCUT2D eigenvalue weighted by atomic mass is 19.4. The number of aryl methyl sites for hydroxylation is 1. The van der Waals surface area contributed by atoms with Gasteiger partial charge in [0.1, 0.15) is 0 Å². The van der Waals surface area contributed by atoms with Gasteiger partial charge in [0.25, 0.3) is 0 Å². The number of carboxylic acids is 1. The molecule has 7 nitrogen and oxygen atoms in total. The number of carbonyl (C=O) groups is 5. The summed E-state index contributed by atoms with van der Waals surface area (Å²) >= 11 is 0. The van der Waals surface area contributed by atoms with Gasteiger partial charge in [-0.05, 0) is 49.2 Å². The normalized spacial score (nSPS) is 14.0. The minimum atomic E-state index is -7.47. The third-order valence-electron chi connectivity index (χ3n) is 8.41. The van der Waals surface area contributed by atoms with E-state index in [1.54, 1.807) is 0 Å². The van der Waals surface area contributed by atoms with Crippen LogP contribution in [0.4, 0.5) is 79.0 Å². The van der Waals surface area contributed by atoms with Crippen LogP contribution < -0.4 is 0 Å². The van der Waals surface area contributed by atoms with Crippen molar-refractivity contribution in [1.82, 2.24) is 4.57 Å². The van der Waals surface area contributed by atoms with E-state index in [0.717, 1.165) is 24.3 Å². The third kappa shape index (κ3) is 8.14. The number of rotatable bonds is 18. The summed E-state index contributed by atoms with van der Waals surface area (Å²) in [7, 11) is 0. The molecule has 0 unspecified atom stereocenters. The molecule has 0 atom stereocenters. The molecule has 0 aliphatic carbocycles. The van der Waals surface area contributed by atoms with Gasteiger partial charge in [-0.1, -0.05) is 6.42 Å². The number of Topliss-reactive ketones (excluding diaryl/α,β-unsaturated/α-hetero) is 4. The van der Waals surface area contributed by atoms with E-state index in [0.29, 0.717) is 12.1 Å². The first-order valence-corrected chi connectivity index (χ1v) is 15.4. The van der Waals surface area contributed by atoms with E-state index in [9.17, 15) is 103 Å². The van der Waals surface area contributed by atoms with Gasteiger partial charge in [0.15, 0.2) is 11.6 Å². The first-order valence-electron chi connectivity index (χ1n) is 15.4. The van der Waals surface area contributed by atoms with E-state index >= 15 is 0 Å². The van der Waals surface area contributed by atoms with Gasteiger partial charge < -0.3 is 9.67 Å². The highest BCUT2D eigenvalue weighted by Crippen LogP contribution is 2.55. The Balaban J connectivity index is 2.07. The van der Waals surface area contributed by atoms with Gasteiger partial charge in [-0.2, -0.15) is 79.0 Å². The Morgan fingerprint density at radius 2 is 0.842 bits per heavy atom. The van der Waals surface area contributed by atoms with Crippen molar-refractivity contribution in [3.8, 4) is 0 Å². The largest absolute Gasteiger partial charge is 0.481 e. The molecule has 2 aromatic carbocycles. The number of ketones is 4. The van der Waals surface area contributed by atoms with Crippen molar-refractivity contribution in [2.75, 3.05) is 0 Å². The lowest BCUT2D eigenvalue weighted by Crippen LogP contribution is -2.63. The van der Waals surface area contributed by atoms with Crippen LogP contribution in [0.25, 0.3) is 21.8 Å². The van der Waals surface area contributed by atoms with Crippen LogP contribution in [0.15, 0.2) is 36.4 Å². The summed E-state index contributed by atoms with van der Waals surface area (Å²) in [5.41, 5.74) is -1.85. The van der Waals surface area contributed by atoms with Gasteiger partial charge in [0.2, 0.25) is 11.6 Å². The second kappa shape index (κ2) is 15.1. The van der Waals surface area contributed by atoms with Crippen molar-refractivity contribution < 1.29 is 108 Å². The summed E-state index contributed by atoms with van der Waals surface area (Å²) in [5.74, 6) is -55.1. The van der Waals surface area contributed by atoms with E-state index in [-0.39, 0.29) is 54.0 Å². The van der Waals surface area contributed by atoms with Gasteiger partial charge in [-0.15, -0.1) is 0 Å². The first kappa shape index (κ1) is 46.5. The Labute approximate surface area is 304 Å². The van der Waals surface area contributed by atoms with Gasteiger partial charge >= 0.3 is 53.9 Å². The van der Waals surface area contributed by atoms with Gasteiger partial charge in [-0.3, -0.25) is 24.0 Å². The van der Waals surface area contributed by atoms with E-state index in [1.807, 2.05) is 0 Å². The maximum atomic E-state index is 14.1. The minimum absolute atomic E-state index is 0.0194. The standard InChI is InChI=1S/C32H21F18NO6/c33-25(34,27(37,38)29(41,42)31(45,46)47)22(54)12-20(52)14-5-7-18-16(10-14)17-11-15(6-8-19(17)51(18)9-3-1-2-4-24(56)57)21(53)13-23(55)26(35,36)28(39,40)30(43,44)32(48,49)50/h5-8,10-11H,1-4,9,12-13H2,(H,56,57). The number of carbonyl (C=O) groups excluding carboxylic acids is 4. The third-order valence-corrected chi connectivity index (χ3v) is 8.41. The van der Waals surface area contributed by atoms with Crippen LogP contribution in [-0.4, -0.2) is 86.7 Å². The Kier molecular flexibility index (Phi) is 12.4. The second-order valence-corrected chi connectivity index (χ2v) is 12.3. The molecule has 0 radical (unpaired) electrons. The Bertz CT molecular complexity index is 1950. The average Bonchev–Trinajstić information content (AvgIpc) is 3.38. The quantitative estimate of drug-likeness (QED) is 0.0591. The molecule has 0 saturated carbocycles. The van der Waals surface area contributed by atoms with Crippen LogP contribution in [-0.2, 0) is 20.9 Å². The average molecular weight is 857 g/mol. The Morgan fingerprint density at radius 3 is 1.16 bits per heavy atom. The van der Waals surface area contributed by atoms with Crippen LogP contribution in [0.2, 0.25) is 0 Å². The fraction of sp³-hybridized carbons (Fsp3) is 0.469. The zero-order valence-corrected chi connectivity index (χ0v) is 27.7. The molecule has 1 N–H and O–H groups in total. The molecule has 1 heterocycles. The van der Waals surface area contributed by atoms with Crippen molar-refractivity contribution in [2.24, 2.45) is 0 Å². The molecule has 1 aromatic heterocycles. The fourth-order valence-corrected chi connectivity index (χ4v) is 5.23. The van der Waals surface area contributed by atoms with E-state index in [1.165, 1.54) is 4.57 Å². The van der Waals surface area contributed by atoms with Gasteiger partial charge in [0, 0.05) is 45.9 Å². The number of carboxylic acid groups (broad SMARTS) is 1. The number of hydrogen-bond acceptors (Lipinski definition) is 5. The van der Waals surface area contributed by atoms with Crippen LogP contribution in [0.1, 0.15) is 59.2 Å². The van der Waals surface area contributed by atoms with E-state index in [4.69, 9.17) is 5.11 Å². The molecule has 0 bridgehead atoms. The molecule has 25 heteroatoms. The van der Waals surface area contributed by atoms with Gasteiger partial charge in [-0.25, -0.2) is 0 Å². The summed E-state index contributed by atoms with van der Waals surface area (Å²) < 4.78 is 241. The molecule has 0 spiro atoms. The molecule has 0 saturated heterocycles. The molecule has 0 amide bonds. The van der Waals surface area contributed by atoms with E-state index in [2.05, 4.69) is 0 Å². The highest BCUT2D eigenvalue weighted by Gasteiger charge is 2.84. The summed E-state index contributed by atoms with van der Waals surface area (Å²) in [6.45, 7) is -0.0688. The summed E-state index contributed by atoms with van der Waals surface area (Å²) in [4.78, 5) is 60.2. The van der Waals surface area contributed by atoms with Crippen molar-refractivity contribution in [2.45, 2.75) is 93.0 Å². The Morgan fingerprint density at radius 1 is 0.491 bits per heavy atom. The molecule has 0 aliphatic rings. The molecular formula is C32H21F18NO6. The van der Waals surface area contributed by atoms with Crippen LogP contribution in [0.3, 0.4) is 0 Å². The van der Waals surface area contributed by atoms with Gasteiger partial charge in [0.05, 0.1) is 12.8 Å². The fourth-order valence-electron chi connectivity index (χ4n) is 5.23. The number of aromatic nitrogens is 1. The molecule has 0 aliphatic heterocycles. The minimum Gasteiger partial charge on any atom is -0.481 e. The molecule has 0 fully saturated rings. The lowest BCUT2D eigenvalue weighted by molar-refractivity contribution is -0.388. The SMILES string of the molecule is O=C(O)CCCCCn1c2ccc(C(=O)CC(=O)C(F)(F)C(F)(F)C(F)(F)C(F)(F)F)cc2c2cc(C(=O)CC(=O)C(F)(F)C(F)(F)C(F)(F)C(F)(F)F)ccc21. The number of fused-ring (bicyclic) bond motifs is 3. The topological polar surface area (TPSA) is 111 Å². The number of alkyl halides is 18. The number of unbranched alkanes of at least 4 members (excludes halogenated alkanes) is 2. The molecule has 57 heavy (non-hydrogen) atoms. The van der Waals surface area contributed by atoms with Crippen molar-refractivity contribution in [3.63, 3.8) is 0 Å². The highest BCUT2D eigenvalue weighted by molar-refractivity contribution is 6.17. The predicted octanol–water partition coefficient (Wildman–Crippen LogP) is 9.66. The number of benzene rings is 2. The molecule has 3 aromatic rings. The summed E-state index contributed by atoms with van der Waals surface area (Å²) in [5, 5.41) is 8.20. The summed E-state index contributed by atoms with van der Waals surface area (Å²) in [6.07, 6.45) is -19.2.